The molecule has 1 aromatic rings. The first-order valence-electron chi connectivity index (χ1n) is 8.52. The third kappa shape index (κ3) is 5.92. The lowest BCUT2D eigenvalue weighted by Crippen LogP contribution is -2.41. The minimum atomic E-state index is -4.65. The number of amides is 1. The molecule has 0 saturated carbocycles. The zero-order chi connectivity index (χ0) is 21.8. The van der Waals surface area contributed by atoms with Crippen LogP contribution < -0.4 is 5.73 Å². The molecule has 2 rings (SSSR count). The number of carbonyl (C=O) groups is 1. The van der Waals surface area contributed by atoms with Crippen molar-refractivity contribution in [3.8, 4) is 0 Å². The number of hydrogen-bond donors (Lipinski definition) is 1. The van der Waals surface area contributed by atoms with Gasteiger partial charge in [0.15, 0.2) is 5.82 Å². The Kier molecular flexibility index (Phi) is 7.22. The predicted molar refractivity (Wildman–Crippen MR) is 91.1 cm³/mol. The number of aromatic nitrogens is 3. The van der Waals surface area contributed by atoms with Crippen LogP contribution in [0.4, 0.5) is 26.3 Å². The fourth-order valence-corrected chi connectivity index (χ4v) is 2.90. The summed E-state index contributed by atoms with van der Waals surface area (Å²) in [7, 11) is 0. The summed E-state index contributed by atoms with van der Waals surface area (Å²) in [5.74, 6) is -3.62. The van der Waals surface area contributed by atoms with Crippen LogP contribution in [0.1, 0.15) is 24.5 Å². The molecule has 12 heteroatoms. The molecule has 1 atom stereocenters. The normalized spacial score (nSPS) is 16.6. The van der Waals surface area contributed by atoms with Gasteiger partial charge in [0.25, 0.3) is 0 Å². The molecular formula is C17H19F6N5O. The van der Waals surface area contributed by atoms with Crippen LogP contribution in [0.5, 0.6) is 0 Å². The number of rotatable bonds is 7. The molecule has 29 heavy (non-hydrogen) atoms. The van der Waals surface area contributed by atoms with Gasteiger partial charge in [-0.2, -0.15) is 13.2 Å². The van der Waals surface area contributed by atoms with Crippen LogP contribution in [0.15, 0.2) is 36.0 Å². The van der Waals surface area contributed by atoms with Gasteiger partial charge in [-0.25, -0.2) is 13.2 Å². The van der Waals surface area contributed by atoms with Crippen molar-refractivity contribution in [2.75, 3.05) is 13.2 Å². The number of halogens is 6. The number of alkyl halides is 4. The Hall–Kier alpha value is -2.63. The summed E-state index contributed by atoms with van der Waals surface area (Å²) in [6.07, 6.45) is -3.84. The van der Waals surface area contributed by atoms with Crippen molar-refractivity contribution in [3.05, 3.63) is 47.6 Å². The molecule has 0 aromatic carbocycles. The minimum Gasteiger partial charge on any atom is -0.333 e. The van der Waals surface area contributed by atoms with Crippen molar-refractivity contribution >= 4 is 5.91 Å². The Morgan fingerprint density at radius 3 is 2.52 bits per heavy atom. The highest BCUT2D eigenvalue weighted by Crippen LogP contribution is 2.29. The molecule has 1 aliphatic rings. The van der Waals surface area contributed by atoms with Gasteiger partial charge in [0.1, 0.15) is 18.3 Å². The highest BCUT2D eigenvalue weighted by Gasteiger charge is 2.39. The molecular weight excluding hydrogens is 404 g/mol. The topological polar surface area (TPSA) is 77.0 Å². The maximum Gasteiger partial charge on any atom is 0.451 e. The average Bonchev–Trinajstić information content (AvgIpc) is 3.04. The molecule has 0 spiro atoms. The van der Waals surface area contributed by atoms with E-state index in [1.807, 2.05) is 0 Å². The molecule has 0 bridgehead atoms. The van der Waals surface area contributed by atoms with E-state index in [9.17, 15) is 31.1 Å². The number of hydrogen-bond acceptors (Lipinski definition) is 4. The van der Waals surface area contributed by atoms with E-state index in [0.29, 0.717) is 6.08 Å². The van der Waals surface area contributed by atoms with Crippen molar-refractivity contribution in [2.45, 2.75) is 38.1 Å². The first kappa shape index (κ1) is 22.7. The standard InChI is InChI=1S/C17H19F6N5O/c1-10(19)6-11(13(20)2-3-18)7-12(24)8-15(29)27-4-5-28-14(9-27)25-26-16(28)17(21,22)23/h2,6,12H,1,3-5,7-9,24H2/b11-6-,13-2+/t12-/m1/s1. The Morgan fingerprint density at radius 1 is 1.24 bits per heavy atom. The number of nitrogens with two attached hydrogens (primary N) is 1. The largest absolute Gasteiger partial charge is 0.451 e. The summed E-state index contributed by atoms with van der Waals surface area (Å²) in [4.78, 5) is 13.7. The Labute approximate surface area is 162 Å². The number of carbonyl (C=O) groups excluding carboxylic acids is 1. The molecule has 2 heterocycles. The van der Waals surface area contributed by atoms with Crippen LogP contribution in [-0.4, -0.2) is 44.8 Å². The van der Waals surface area contributed by atoms with E-state index >= 15 is 0 Å². The van der Waals surface area contributed by atoms with E-state index < -0.39 is 42.3 Å². The smallest absolute Gasteiger partial charge is 0.333 e. The van der Waals surface area contributed by atoms with E-state index in [0.717, 1.165) is 10.6 Å². The van der Waals surface area contributed by atoms with Gasteiger partial charge in [0.2, 0.25) is 11.7 Å². The summed E-state index contributed by atoms with van der Waals surface area (Å²) < 4.78 is 78.6. The Balaban J connectivity index is 2.02. The van der Waals surface area contributed by atoms with Gasteiger partial charge >= 0.3 is 6.18 Å². The highest BCUT2D eigenvalue weighted by atomic mass is 19.4. The zero-order valence-corrected chi connectivity index (χ0v) is 15.2. The molecule has 0 unspecified atom stereocenters. The summed E-state index contributed by atoms with van der Waals surface area (Å²) in [6.45, 7) is 1.53. The first-order valence-corrected chi connectivity index (χ1v) is 8.52. The number of fused-ring (bicyclic) bond motifs is 1. The maximum atomic E-state index is 13.8. The van der Waals surface area contributed by atoms with Crippen LogP contribution in [0.2, 0.25) is 0 Å². The summed E-state index contributed by atoms with van der Waals surface area (Å²) in [6, 6.07) is -0.933. The molecule has 1 aliphatic heterocycles. The molecule has 160 valence electrons. The second-order valence-corrected chi connectivity index (χ2v) is 6.40. The summed E-state index contributed by atoms with van der Waals surface area (Å²) in [5, 5.41) is 6.60. The van der Waals surface area contributed by atoms with Crippen LogP contribution in [-0.2, 0) is 24.1 Å². The molecule has 0 radical (unpaired) electrons. The van der Waals surface area contributed by atoms with Crippen molar-refractivity contribution in [3.63, 3.8) is 0 Å². The van der Waals surface area contributed by atoms with Crippen molar-refractivity contribution in [1.82, 2.24) is 19.7 Å². The van der Waals surface area contributed by atoms with Crippen molar-refractivity contribution in [1.29, 1.82) is 0 Å². The fourth-order valence-electron chi connectivity index (χ4n) is 2.90. The van der Waals surface area contributed by atoms with E-state index in [2.05, 4.69) is 16.8 Å². The monoisotopic (exact) mass is 423 g/mol. The van der Waals surface area contributed by atoms with Crippen LogP contribution in [0, 0.1) is 0 Å². The summed E-state index contributed by atoms with van der Waals surface area (Å²) in [5.41, 5.74) is 5.59. The van der Waals surface area contributed by atoms with E-state index in [1.54, 1.807) is 0 Å². The third-order valence-corrected chi connectivity index (χ3v) is 4.17. The lowest BCUT2D eigenvalue weighted by atomic mass is 10.0. The quantitative estimate of drug-likeness (QED) is 0.541. The molecule has 1 amide bonds. The lowest BCUT2D eigenvalue weighted by molar-refractivity contribution is -0.148. The second kappa shape index (κ2) is 9.25. The average molecular weight is 423 g/mol. The van der Waals surface area contributed by atoms with Gasteiger partial charge in [-0.3, -0.25) is 4.79 Å². The molecule has 0 saturated heterocycles. The van der Waals surface area contributed by atoms with E-state index in [4.69, 9.17) is 5.73 Å². The Morgan fingerprint density at radius 2 is 1.93 bits per heavy atom. The van der Waals surface area contributed by atoms with Crippen LogP contribution in [0.25, 0.3) is 0 Å². The van der Waals surface area contributed by atoms with E-state index in [-0.39, 0.29) is 43.9 Å². The second-order valence-electron chi connectivity index (χ2n) is 6.40. The zero-order valence-electron chi connectivity index (χ0n) is 15.2. The number of nitrogens with zero attached hydrogens (tertiary/aromatic N) is 4. The molecule has 2 N–H and O–H groups in total. The van der Waals surface area contributed by atoms with Gasteiger partial charge in [-0.15, -0.1) is 10.2 Å². The highest BCUT2D eigenvalue weighted by molar-refractivity contribution is 5.77. The van der Waals surface area contributed by atoms with Gasteiger partial charge in [-0.05, 0) is 24.1 Å². The van der Waals surface area contributed by atoms with Crippen LogP contribution >= 0.6 is 0 Å². The molecule has 1 aromatic heterocycles. The molecule has 0 fully saturated rings. The lowest BCUT2D eigenvalue weighted by Gasteiger charge is -2.29. The van der Waals surface area contributed by atoms with Crippen molar-refractivity contribution in [2.24, 2.45) is 5.73 Å². The maximum absolute atomic E-state index is 13.8. The third-order valence-electron chi connectivity index (χ3n) is 4.17. The summed E-state index contributed by atoms with van der Waals surface area (Å²) >= 11 is 0. The van der Waals surface area contributed by atoms with Crippen molar-refractivity contribution < 1.29 is 31.1 Å². The first-order chi connectivity index (χ1) is 13.5. The molecule has 0 aliphatic carbocycles. The SMILES string of the molecule is C=C(F)/C=C(C[C@@H](N)CC(=O)N1CCn2c(nnc2C(F)(F)F)C1)\C(F)=C/CF. The van der Waals surface area contributed by atoms with Crippen LogP contribution in [0.3, 0.4) is 0 Å². The van der Waals surface area contributed by atoms with E-state index in [1.165, 1.54) is 4.90 Å². The van der Waals surface area contributed by atoms with Gasteiger partial charge in [-0.1, -0.05) is 6.58 Å². The molecule has 6 nitrogen and oxygen atoms in total. The van der Waals surface area contributed by atoms with Gasteiger partial charge in [0, 0.05) is 25.6 Å². The van der Waals surface area contributed by atoms with Gasteiger partial charge in [0.05, 0.1) is 6.54 Å². The van der Waals surface area contributed by atoms with Gasteiger partial charge < -0.3 is 15.2 Å². The Bertz CT molecular complexity index is 829. The minimum absolute atomic E-state index is 0.0141. The predicted octanol–water partition coefficient (Wildman–Crippen LogP) is 2.98. The number of allylic oxidation sites excluding steroid dienone is 4. The fraction of sp³-hybridized carbons (Fsp3) is 0.471.